The summed E-state index contributed by atoms with van der Waals surface area (Å²) in [5.41, 5.74) is 0.985. The first-order valence-corrected chi connectivity index (χ1v) is 12.2. The van der Waals surface area contributed by atoms with Crippen molar-refractivity contribution in [1.82, 2.24) is 9.62 Å². The molecule has 0 atom stereocenters. The Kier molecular flexibility index (Phi) is 10.0. The second kappa shape index (κ2) is 12.5. The molecule has 0 saturated heterocycles. The molecular weight excluding hydrogens is 450 g/mol. The van der Waals surface area contributed by atoms with E-state index in [-0.39, 0.29) is 15.9 Å². The maximum absolute atomic E-state index is 12.5. The summed E-state index contributed by atoms with van der Waals surface area (Å²) < 4.78 is 37.2. The summed E-state index contributed by atoms with van der Waals surface area (Å²) in [7, 11) is -3.53. The minimum atomic E-state index is -3.53. The Bertz CT molecular complexity index is 989. The predicted molar refractivity (Wildman–Crippen MR) is 129 cm³/mol. The Balaban J connectivity index is 1.91. The molecule has 1 amide bonds. The Morgan fingerprint density at radius 3 is 2.16 bits per heavy atom. The molecule has 0 aromatic heterocycles. The van der Waals surface area contributed by atoms with Crippen molar-refractivity contribution in [3.05, 3.63) is 54.1 Å². The SMILES string of the molecule is CCOCCOc1ccc(C(=O)NC(=S)Nc2ccc(S(=O)(=O)N(CC)CC)cc2)cc1. The quantitative estimate of drug-likeness (QED) is 0.377. The zero-order valence-electron chi connectivity index (χ0n) is 18.5. The van der Waals surface area contributed by atoms with Crippen LogP contribution < -0.4 is 15.4 Å². The highest BCUT2D eigenvalue weighted by atomic mass is 32.2. The number of hydrogen-bond donors (Lipinski definition) is 2. The zero-order valence-corrected chi connectivity index (χ0v) is 20.1. The maximum Gasteiger partial charge on any atom is 0.257 e. The van der Waals surface area contributed by atoms with Crippen molar-refractivity contribution in [2.45, 2.75) is 25.7 Å². The van der Waals surface area contributed by atoms with Crippen molar-refractivity contribution in [2.24, 2.45) is 0 Å². The third-order valence-electron chi connectivity index (χ3n) is 4.50. The van der Waals surface area contributed by atoms with E-state index >= 15 is 0 Å². The maximum atomic E-state index is 12.5. The molecule has 0 aliphatic rings. The fraction of sp³-hybridized carbons (Fsp3) is 0.364. The fourth-order valence-corrected chi connectivity index (χ4v) is 4.49. The lowest BCUT2D eigenvalue weighted by Crippen LogP contribution is -2.34. The molecular formula is C22H29N3O5S2. The molecule has 0 spiro atoms. The smallest absolute Gasteiger partial charge is 0.257 e. The van der Waals surface area contributed by atoms with E-state index in [0.29, 0.717) is 49.9 Å². The Morgan fingerprint density at radius 1 is 0.969 bits per heavy atom. The number of sulfonamides is 1. The molecule has 0 radical (unpaired) electrons. The van der Waals surface area contributed by atoms with Crippen molar-refractivity contribution < 1.29 is 22.7 Å². The number of ether oxygens (including phenoxy) is 2. The van der Waals surface area contributed by atoms with Gasteiger partial charge in [0.1, 0.15) is 12.4 Å². The van der Waals surface area contributed by atoms with Crippen LogP contribution in [0.4, 0.5) is 5.69 Å². The minimum Gasteiger partial charge on any atom is -0.491 e. The average Bonchev–Trinajstić information content (AvgIpc) is 2.78. The summed E-state index contributed by atoms with van der Waals surface area (Å²) in [6.45, 7) is 7.87. The van der Waals surface area contributed by atoms with Crippen molar-refractivity contribution in [1.29, 1.82) is 0 Å². The Morgan fingerprint density at radius 2 is 1.59 bits per heavy atom. The summed E-state index contributed by atoms with van der Waals surface area (Å²) in [6.07, 6.45) is 0. The van der Waals surface area contributed by atoms with Crippen LogP contribution in [0.1, 0.15) is 31.1 Å². The highest BCUT2D eigenvalue weighted by molar-refractivity contribution is 7.89. The van der Waals surface area contributed by atoms with Crippen molar-refractivity contribution in [3.8, 4) is 5.75 Å². The molecule has 0 fully saturated rings. The van der Waals surface area contributed by atoms with Gasteiger partial charge in [0.15, 0.2) is 5.11 Å². The van der Waals surface area contributed by atoms with Gasteiger partial charge in [-0.15, -0.1) is 0 Å². The van der Waals surface area contributed by atoms with Gasteiger partial charge in [-0.1, -0.05) is 13.8 Å². The molecule has 2 aromatic carbocycles. The number of amides is 1. The van der Waals surface area contributed by atoms with Crippen LogP contribution in [0.3, 0.4) is 0 Å². The molecule has 0 unspecified atom stereocenters. The van der Waals surface area contributed by atoms with Gasteiger partial charge in [-0.25, -0.2) is 8.42 Å². The van der Waals surface area contributed by atoms with E-state index in [1.807, 2.05) is 6.92 Å². The van der Waals surface area contributed by atoms with Gasteiger partial charge < -0.3 is 14.8 Å². The minimum absolute atomic E-state index is 0.103. The van der Waals surface area contributed by atoms with Gasteiger partial charge >= 0.3 is 0 Å². The number of anilines is 1. The molecule has 32 heavy (non-hydrogen) atoms. The van der Waals surface area contributed by atoms with Crippen molar-refractivity contribution in [2.75, 3.05) is 38.2 Å². The van der Waals surface area contributed by atoms with Gasteiger partial charge in [-0.05, 0) is 67.7 Å². The summed E-state index contributed by atoms with van der Waals surface area (Å²) >= 11 is 5.20. The first-order valence-electron chi connectivity index (χ1n) is 10.3. The van der Waals surface area contributed by atoms with Gasteiger partial charge in [-0.2, -0.15) is 4.31 Å². The molecule has 2 aromatic rings. The molecule has 0 aliphatic carbocycles. The molecule has 0 saturated carbocycles. The molecule has 0 heterocycles. The van der Waals surface area contributed by atoms with Crippen LogP contribution in [0.25, 0.3) is 0 Å². The number of carbonyl (C=O) groups is 1. The van der Waals surface area contributed by atoms with Crippen LogP contribution in [0, 0.1) is 0 Å². The predicted octanol–water partition coefficient (Wildman–Crippen LogP) is 3.26. The normalized spacial score (nSPS) is 11.2. The number of carbonyl (C=O) groups excluding carboxylic acids is 1. The standard InChI is InChI=1S/C22H29N3O5S2/c1-4-25(5-2)32(27,28)20-13-9-18(10-14-20)23-22(31)24-21(26)17-7-11-19(12-8-17)30-16-15-29-6-3/h7-14H,4-6,15-16H2,1-3H3,(H2,23,24,26,31). The average molecular weight is 480 g/mol. The fourth-order valence-electron chi connectivity index (χ4n) is 2.83. The molecule has 174 valence electrons. The van der Waals surface area contributed by atoms with Crippen LogP contribution in [0.2, 0.25) is 0 Å². The van der Waals surface area contributed by atoms with E-state index in [1.165, 1.54) is 16.4 Å². The topological polar surface area (TPSA) is 97.0 Å². The molecule has 2 rings (SSSR count). The number of rotatable bonds is 11. The van der Waals surface area contributed by atoms with Gasteiger partial charge in [0, 0.05) is 30.9 Å². The van der Waals surface area contributed by atoms with E-state index in [0.717, 1.165) is 0 Å². The Hall–Kier alpha value is -2.53. The number of nitrogens with one attached hydrogen (secondary N) is 2. The van der Waals surface area contributed by atoms with E-state index in [4.69, 9.17) is 21.7 Å². The number of benzene rings is 2. The van der Waals surface area contributed by atoms with Crippen LogP contribution in [0.15, 0.2) is 53.4 Å². The van der Waals surface area contributed by atoms with Gasteiger partial charge in [0.05, 0.1) is 11.5 Å². The molecule has 10 heteroatoms. The van der Waals surface area contributed by atoms with E-state index in [2.05, 4.69) is 10.6 Å². The third-order valence-corrected chi connectivity index (χ3v) is 6.77. The number of thiocarbonyl (C=S) groups is 1. The summed E-state index contributed by atoms with van der Waals surface area (Å²) in [6, 6.07) is 12.9. The summed E-state index contributed by atoms with van der Waals surface area (Å²) in [5.74, 6) is 0.269. The lowest BCUT2D eigenvalue weighted by Gasteiger charge is -2.18. The number of nitrogens with zero attached hydrogens (tertiary/aromatic N) is 1. The molecule has 8 nitrogen and oxygen atoms in total. The second-order valence-electron chi connectivity index (χ2n) is 6.59. The van der Waals surface area contributed by atoms with E-state index in [1.54, 1.807) is 50.2 Å². The molecule has 0 aliphatic heterocycles. The van der Waals surface area contributed by atoms with E-state index in [9.17, 15) is 13.2 Å². The van der Waals surface area contributed by atoms with Crippen LogP contribution in [-0.4, -0.2) is 56.7 Å². The van der Waals surface area contributed by atoms with Crippen LogP contribution >= 0.6 is 12.2 Å². The van der Waals surface area contributed by atoms with Gasteiger partial charge in [0.2, 0.25) is 10.0 Å². The van der Waals surface area contributed by atoms with Crippen LogP contribution in [-0.2, 0) is 14.8 Å². The molecule has 0 bridgehead atoms. The lowest BCUT2D eigenvalue weighted by molar-refractivity contribution is 0.0977. The monoisotopic (exact) mass is 479 g/mol. The lowest BCUT2D eigenvalue weighted by atomic mass is 10.2. The first kappa shape index (κ1) is 25.7. The summed E-state index contributed by atoms with van der Waals surface area (Å²) in [5, 5.41) is 5.58. The van der Waals surface area contributed by atoms with Crippen molar-refractivity contribution >= 4 is 38.9 Å². The third kappa shape index (κ3) is 7.27. The summed E-state index contributed by atoms with van der Waals surface area (Å²) in [4.78, 5) is 12.6. The highest BCUT2D eigenvalue weighted by Crippen LogP contribution is 2.18. The van der Waals surface area contributed by atoms with E-state index < -0.39 is 10.0 Å². The van der Waals surface area contributed by atoms with Crippen molar-refractivity contribution in [3.63, 3.8) is 0 Å². The molecule has 2 N–H and O–H groups in total. The largest absolute Gasteiger partial charge is 0.491 e. The highest BCUT2D eigenvalue weighted by Gasteiger charge is 2.21. The number of hydrogen-bond acceptors (Lipinski definition) is 6. The second-order valence-corrected chi connectivity index (χ2v) is 8.94. The van der Waals surface area contributed by atoms with Crippen LogP contribution in [0.5, 0.6) is 5.75 Å². The first-order chi connectivity index (χ1) is 15.3. The van der Waals surface area contributed by atoms with Gasteiger partial charge in [-0.3, -0.25) is 10.1 Å². The Labute approximate surface area is 195 Å². The zero-order chi connectivity index (χ0) is 23.6. The van der Waals surface area contributed by atoms with Gasteiger partial charge in [0.25, 0.3) is 5.91 Å².